The molecule has 0 saturated heterocycles. The van der Waals surface area contributed by atoms with Crippen molar-refractivity contribution >= 4 is 11.8 Å². The molecule has 0 bridgehead atoms. The Bertz CT molecular complexity index is 658. The van der Waals surface area contributed by atoms with Gasteiger partial charge in [-0.15, -0.1) is 0 Å². The second kappa shape index (κ2) is 9.71. The van der Waals surface area contributed by atoms with Crippen molar-refractivity contribution in [3.63, 3.8) is 0 Å². The van der Waals surface area contributed by atoms with E-state index in [1.165, 1.54) is 0 Å². The maximum Gasteiger partial charge on any atom is 0.227 e. The number of nitrogens with zero attached hydrogens (tertiary/aromatic N) is 3. The standard InChI is InChI=1S/C19H28N4O2/c1-5-11-23(12-6-2)19-20-10-9-18(22-19)21-14-15-7-8-16(24-3)17(13-15)25-4/h7-10,13H,5-6,11-12,14H2,1-4H3,(H,20,21,22). The van der Waals surface area contributed by atoms with Crippen molar-refractivity contribution in [1.29, 1.82) is 0 Å². The lowest BCUT2D eigenvalue weighted by atomic mass is 10.2. The van der Waals surface area contributed by atoms with Gasteiger partial charge in [0.05, 0.1) is 14.2 Å². The van der Waals surface area contributed by atoms with E-state index >= 15 is 0 Å². The Labute approximate surface area is 150 Å². The smallest absolute Gasteiger partial charge is 0.227 e. The molecule has 0 saturated carbocycles. The second-order valence-corrected chi connectivity index (χ2v) is 5.77. The summed E-state index contributed by atoms with van der Waals surface area (Å²) in [6.45, 7) is 6.92. The molecule has 1 N–H and O–H groups in total. The molecule has 6 heteroatoms. The van der Waals surface area contributed by atoms with Crippen molar-refractivity contribution in [1.82, 2.24) is 9.97 Å². The third kappa shape index (κ3) is 5.24. The molecule has 0 fully saturated rings. The zero-order chi connectivity index (χ0) is 18.1. The fraction of sp³-hybridized carbons (Fsp3) is 0.474. The van der Waals surface area contributed by atoms with Gasteiger partial charge in [-0.1, -0.05) is 19.9 Å². The van der Waals surface area contributed by atoms with Gasteiger partial charge in [-0.2, -0.15) is 4.98 Å². The molecule has 0 aliphatic rings. The Morgan fingerprint density at radius 3 is 2.36 bits per heavy atom. The van der Waals surface area contributed by atoms with Gasteiger partial charge in [0.2, 0.25) is 5.95 Å². The summed E-state index contributed by atoms with van der Waals surface area (Å²) in [6.07, 6.45) is 3.96. The zero-order valence-corrected chi connectivity index (χ0v) is 15.6. The first-order valence-electron chi connectivity index (χ1n) is 8.74. The van der Waals surface area contributed by atoms with Gasteiger partial charge in [0, 0.05) is 25.8 Å². The number of methoxy groups -OCH3 is 2. The molecular formula is C19H28N4O2. The number of rotatable bonds is 10. The topological polar surface area (TPSA) is 59.5 Å². The molecule has 25 heavy (non-hydrogen) atoms. The molecule has 1 aromatic heterocycles. The van der Waals surface area contributed by atoms with E-state index < -0.39 is 0 Å². The van der Waals surface area contributed by atoms with E-state index in [-0.39, 0.29) is 0 Å². The Morgan fingerprint density at radius 1 is 1.00 bits per heavy atom. The van der Waals surface area contributed by atoms with Gasteiger partial charge in [0.25, 0.3) is 0 Å². The minimum atomic E-state index is 0.651. The summed E-state index contributed by atoms with van der Waals surface area (Å²) < 4.78 is 10.6. The average Bonchev–Trinajstić information content (AvgIpc) is 2.66. The molecule has 0 unspecified atom stereocenters. The Hall–Kier alpha value is -2.50. The third-order valence-corrected chi connectivity index (χ3v) is 3.83. The van der Waals surface area contributed by atoms with E-state index in [1.807, 2.05) is 24.3 Å². The summed E-state index contributed by atoms with van der Waals surface area (Å²) in [7, 11) is 3.28. The van der Waals surface area contributed by atoms with E-state index in [1.54, 1.807) is 20.4 Å². The van der Waals surface area contributed by atoms with Crippen LogP contribution in [0.15, 0.2) is 30.5 Å². The monoisotopic (exact) mass is 344 g/mol. The first-order chi connectivity index (χ1) is 12.2. The van der Waals surface area contributed by atoms with Crippen LogP contribution in [0.5, 0.6) is 11.5 Å². The van der Waals surface area contributed by atoms with Crippen molar-refractivity contribution in [2.75, 3.05) is 37.5 Å². The van der Waals surface area contributed by atoms with Gasteiger partial charge in [-0.05, 0) is 36.6 Å². The number of hydrogen-bond acceptors (Lipinski definition) is 6. The summed E-state index contributed by atoms with van der Waals surface area (Å²) in [5, 5.41) is 3.36. The second-order valence-electron chi connectivity index (χ2n) is 5.77. The Morgan fingerprint density at radius 2 is 1.72 bits per heavy atom. The maximum atomic E-state index is 5.35. The average molecular weight is 344 g/mol. The van der Waals surface area contributed by atoms with Crippen molar-refractivity contribution in [3.8, 4) is 11.5 Å². The summed E-state index contributed by atoms with van der Waals surface area (Å²) in [6, 6.07) is 7.77. The van der Waals surface area contributed by atoms with Gasteiger partial charge >= 0.3 is 0 Å². The fourth-order valence-corrected chi connectivity index (χ4v) is 2.63. The summed E-state index contributed by atoms with van der Waals surface area (Å²) in [4.78, 5) is 11.3. The van der Waals surface area contributed by atoms with E-state index in [9.17, 15) is 0 Å². The quantitative estimate of drug-likeness (QED) is 0.709. The van der Waals surface area contributed by atoms with E-state index in [2.05, 4.69) is 34.0 Å². The van der Waals surface area contributed by atoms with Crippen molar-refractivity contribution in [2.24, 2.45) is 0 Å². The first-order valence-corrected chi connectivity index (χ1v) is 8.74. The lowest BCUT2D eigenvalue weighted by molar-refractivity contribution is 0.354. The highest BCUT2D eigenvalue weighted by molar-refractivity contribution is 5.45. The Balaban J connectivity index is 2.07. The highest BCUT2D eigenvalue weighted by Crippen LogP contribution is 2.27. The molecule has 0 aliphatic carbocycles. The van der Waals surface area contributed by atoms with Crippen LogP contribution in [0.2, 0.25) is 0 Å². The van der Waals surface area contributed by atoms with Crippen LogP contribution in [0.1, 0.15) is 32.3 Å². The third-order valence-electron chi connectivity index (χ3n) is 3.83. The molecule has 6 nitrogen and oxygen atoms in total. The number of hydrogen-bond donors (Lipinski definition) is 1. The van der Waals surface area contributed by atoms with Crippen LogP contribution < -0.4 is 19.7 Å². The first kappa shape index (κ1) is 18.8. The molecule has 2 rings (SSSR count). The van der Waals surface area contributed by atoms with E-state index in [0.29, 0.717) is 6.54 Å². The van der Waals surface area contributed by atoms with Crippen molar-refractivity contribution in [3.05, 3.63) is 36.0 Å². The lowest BCUT2D eigenvalue weighted by Gasteiger charge is -2.21. The van der Waals surface area contributed by atoms with Gasteiger partial charge in [0.1, 0.15) is 5.82 Å². The normalized spacial score (nSPS) is 10.4. The number of aromatic nitrogens is 2. The molecule has 0 atom stereocenters. The fourth-order valence-electron chi connectivity index (χ4n) is 2.63. The summed E-state index contributed by atoms with van der Waals surface area (Å²) in [5.74, 6) is 3.05. The SMILES string of the molecule is CCCN(CCC)c1nccc(NCc2ccc(OC)c(OC)c2)n1. The molecule has 0 spiro atoms. The highest BCUT2D eigenvalue weighted by Gasteiger charge is 2.09. The zero-order valence-electron chi connectivity index (χ0n) is 15.6. The largest absolute Gasteiger partial charge is 0.493 e. The summed E-state index contributed by atoms with van der Waals surface area (Å²) >= 11 is 0. The van der Waals surface area contributed by atoms with E-state index in [4.69, 9.17) is 9.47 Å². The van der Waals surface area contributed by atoms with E-state index in [0.717, 1.165) is 54.8 Å². The van der Waals surface area contributed by atoms with Gasteiger partial charge in [0.15, 0.2) is 11.5 Å². The highest BCUT2D eigenvalue weighted by atomic mass is 16.5. The molecular weight excluding hydrogens is 316 g/mol. The van der Waals surface area contributed by atoms with Crippen LogP contribution in [-0.4, -0.2) is 37.3 Å². The molecule has 1 heterocycles. The van der Waals surface area contributed by atoms with Gasteiger partial charge < -0.3 is 19.7 Å². The van der Waals surface area contributed by atoms with Gasteiger partial charge in [-0.25, -0.2) is 4.98 Å². The van der Waals surface area contributed by atoms with Crippen LogP contribution in [0, 0.1) is 0 Å². The van der Waals surface area contributed by atoms with Crippen molar-refractivity contribution < 1.29 is 9.47 Å². The molecule has 136 valence electrons. The maximum absolute atomic E-state index is 5.35. The number of ether oxygens (including phenoxy) is 2. The predicted octanol–water partition coefficient (Wildman–Crippen LogP) is 3.73. The molecule has 2 aromatic rings. The van der Waals surface area contributed by atoms with Crippen LogP contribution in [-0.2, 0) is 6.54 Å². The number of anilines is 2. The molecule has 1 aromatic carbocycles. The van der Waals surface area contributed by atoms with Crippen LogP contribution >= 0.6 is 0 Å². The molecule has 0 amide bonds. The van der Waals surface area contributed by atoms with Crippen LogP contribution in [0.25, 0.3) is 0 Å². The molecule has 0 aliphatic heterocycles. The van der Waals surface area contributed by atoms with Crippen LogP contribution in [0.4, 0.5) is 11.8 Å². The van der Waals surface area contributed by atoms with Gasteiger partial charge in [-0.3, -0.25) is 0 Å². The minimum Gasteiger partial charge on any atom is -0.493 e. The molecule has 0 radical (unpaired) electrons. The predicted molar refractivity (Wildman–Crippen MR) is 102 cm³/mol. The van der Waals surface area contributed by atoms with Crippen LogP contribution in [0.3, 0.4) is 0 Å². The Kier molecular flexibility index (Phi) is 7.32. The summed E-state index contributed by atoms with van der Waals surface area (Å²) in [5.41, 5.74) is 1.09. The number of nitrogens with one attached hydrogen (secondary N) is 1. The minimum absolute atomic E-state index is 0.651. The number of benzene rings is 1. The van der Waals surface area contributed by atoms with Crippen molar-refractivity contribution in [2.45, 2.75) is 33.2 Å². The lowest BCUT2D eigenvalue weighted by Crippen LogP contribution is -2.27.